The highest BCUT2D eigenvalue weighted by atomic mass is 32.2. The van der Waals surface area contributed by atoms with E-state index in [0.29, 0.717) is 6.54 Å². The second-order valence-corrected chi connectivity index (χ2v) is 6.33. The monoisotopic (exact) mass is 232 g/mol. The third kappa shape index (κ3) is 2.78. The molecule has 0 saturated carbocycles. The smallest absolute Gasteiger partial charge is 0.0547 e. The topological polar surface area (TPSA) is 55.6 Å². The molecule has 0 bridgehead atoms. The number of hydrogen-bond acceptors (Lipinski definition) is 4. The molecule has 0 aromatic rings. The summed E-state index contributed by atoms with van der Waals surface area (Å²) in [5.74, 6) is 1.64. The van der Waals surface area contributed by atoms with Crippen LogP contribution in [0, 0.1) is 5.41 Å². The quantitative estimate of drug-likeness (QED) is 0.707. The molecule has 15 heavy (non-hydrogen) atoms. The largest absolute Gasteiger partial charge is 0.381 e. The molecule has 5 heteroatoms. The fourth-order valence-corrected chi connectivity index (χ4v) is 3.44. The molecule has 4 nitrogen and oxygen atoms in total. The van der Waals surface area contributed by atoms with Crippen molar-refractivity contribution in [2.45, 2.75) is 6.42 Å². The van der Waals surface area contributed by atoms with Crippen LogP contribution in [0.25, 0.3) is 0 Å². The Morgan fingerprint density at radius 3 is 2.67 bits per heavy atom. The first-order valence-corrected chi connectivity index (χ1v) is 7.08. The molecule has 0 aliphatic carbocycles. The Balaban J connectivity index is 1.87. The second-order valence-electron chi connectivity index (χ2n) is 4.63. The van der Waals surface area contributed by atoms with Crippen molar-refractivity contribution in [3.8, 4) is 0 Å². The van der Waals surface area contributed by atoms with Gasteiger partial charge in [0.05, 0.1) is 6.61 Å². The highest BCUT2D eigenvalue weighted by Crippen LogP contribution is 2.28. The highest BCUT2D eigenvalue weighted by Gasteiger charge is 2.35. The van der Waals surface area contributed by atoms with Crippen LogP contribution in [0.3, 0.4) is 0 Å². The highest BCUT2D eigenvalue weighted by molar-refractivity contribution is 7.85. The van der Waals surface area contributed by atoms with E-state index in [1.54, 1.807) is 0 Å². The molecule has 0 amide bonds. The van der Waals surface area contributed by atoms with Crippen LogP contribution in [-0.2, 0) is 15.5 Å². The Morgan fingerprint density at radius 1 is 1.40 bits per heavy atom. The Bertz CT molecular complexity index is 232. The number of hydrogen-bond donors (Lipinski definition) is 1. The van der Waals surface area contributed by atoms with Crippen molar-refractivity contribution in [3.05, 3.63) is 0 Å². The Kier molecular flexibility index (Phi) is 3.77. The molecule has 88 valence electrons. The number of nitrogens with zero attached hydrogens (tertiary/aromatic N) is 1. The first-order chi connectivity index (χ1) is 7.24. The van der Waals surface area contributed by atoms with Crippen molar-refractivity contribution in [1.29, 1.82) is 0 Å². The van der Waals surface area contributed by atoms with Gasteiger partial charge >= 0.3 is 0 Å². The van der Waals surface area contributed by atoms with Gasteiger partial charge < -0.3 is 15.4 Å². The normalized spacial score (nSPS) is 34.7. The summed E-state index contributed by atoms with van der Waals surface area (Å²) in [5.41, 5.74) is 6.01. The molecule has 0 aromatic carbocycles. The molecule has 0 radical (unpaired) electrons. The Hall–Kier alpha value is 0.0300. The van der Waals surface area contributed by atoms with E-state index in [9.17, 15) is 4.21 Å². The summed E-state index contributed by atoms with van der Waals surface area (Å²) in [6.07, 6.45) is 1.07. The maximum Gasteiger partial charge on any atom is 0.0547 e. The van der Waals surface area contributed by atoms with Crippen molar-refractivity contribution in [3.63, 3.8) is 0 Å². The summed E-state index contributed by atoms with van der Waals surface area (Å²) >= 11 is 0. The van der Waals surface area contributed by atoms with Crippen LogP contribution < -0.4 is 5.73 Å². The molecule has 2 fully saturated rings. The van der Waals surface area contributed by atoms with Crippen LogP contribution in [0.1, 0.15) is 6.42 Å². The summed E-state index contributed by atoms with van der Waals surface area (Å²) in [7, 11) is -0.584. The van der Waals surface area contributed by atoms with Gasteiger partial charge in [0.2, 0.25) is 0 Å². The second kappa shape index (κ2) is 4.91. The molecule has 2 aliphatic heterocycles. The van der Waals surface area contributed by atoms with E-state index >= 15 is 0 Å². The van der Waals surface area contributed by atoms with Gasteiger partial charge in [-0.2, -0.15) is 0 Å². The molecule has 2 N–H and O–H groups in total. The fourth-order valence-electron chi connectivity index (χ4n) is 2.31. The minimum Gasteiger partial charge on any atom is -0.381 e. The Labute approximate surface area is 93.6 Å². The first kappa shape index (κ1) is 11.5. The maximum atomic E-state index is 11.2. The van der Waals surface area contributed by atoms with E-state index in [2.05, 4.69) is 4.90 Å². The number of ether oxygens (including phenoxy) is 1. The Morgan fingerprint density at radius 2 is 2.13 bits per heavy atom. The van der Waals surface area contributed by atoms with Gasteiger partial charge in [0, 0.05) is 60.5 Å². The zero-order chi connectivity index (χ0) is 10.7. The standard InChI is InChI=1S/C10H20N2O2S/c11-7-10(1-4-14-9-10)8-12-2-5-15(13)6-3-12/h1-9,11H2. The van der Waals surface area contributed by atoms with E-state index in [1.165, 1.54) is 0 Å². The average molecular weight is 232 g/mol. The SMILES string of the molecule is NCC1(CN2CCS(=O)CC2)CCOC1. The van der Waals surface area contributed by atoms with E-state index in [-0.39, 0.29) is 5.41 Å². The molecule has 2 saturated heterocycles. The van der Waals surface area contributed by atoms with Gasteiger partial charge in [0.15, 0.2) is 0 Å². The lowest BCUT2D eigenvalue weighted by Gasteiger charge is -2.35. The third-order valence-corrected chi connectivity index (χ3v) is 4.72. The molecule has 0 spiro atoms. The minimum absolute atomic E-state index is 0.166. The average Bonchev–Trinajstić information content (AvgIpc) is 2.71. The zero-order valence-electron chi connectivity index (χ0n) is 9.11. The molecule has 1 atom stereocenters. The first-order valence-electron chi connectivity index (χ1n) is 5.59. The zero-order valence-corrected chi connectivity index (χ0v) is 9.93. The lowest BCUT2D eigenvalue weighted by molar-refractivity contribution is 0.119. The van der Waals surface area contributed by atoms with Crippen molar-refractivity contribution in [2.24, 2.45) is 11.1 Å². The van der Waals surface area contributed by atoms with Crippen molar-refractivity contribution in [1.82, 2.24) is 4.90 Å². The van der Waals surface area contributed by atoms with Crippen LogP contribution in [0.4, 0.5) is 0 Å². The van der Waals surface area contributed by atoms with E-state index in [1.807, 2.05) is 0 Å². The van der Waals surface area contributed by atoms with Gasteiger partial charge in [-0.25, -0.2) is 0 Å². The van der Waals surface area contributed by atoms with Crippen LogP contribution in [0.2, 0.25) is 0 Å². The van der Waals surface area contributed by atoms with Crippen LogP contribution in [0.15, 0.2) is 0 Å². The molecular formula is C10H20N2O2S. The van der Waals surface area contributed by atoms with Gasteiger partial charge in [0.25, 0.3) is 0 Å². The maximum absolute atomic E-state index is 11.2. The molecule has 1 unspecified atom stereocenters. The summed E-state index contributed by atoms with van der Waals surface area (Å²) < 4.78 is 16.7. The number of rotatable bonds is 3. The number of nitrogens with two attached hydrogens (primary N) is 1. The van der Waals surface area contributed by atoms with E-state index < -0.39 is 10.8 Å². The minimum atomic E-state index is -0.584. The lowest BCUT2D eigenvalue weighted by Crippen LogP contribution is -2.47. The summed E-state index contributed by atoms with van der Waals surface area (Å²) in [6.45, 7) is 5.26. The van der Waals surface area contributed by atoms with Crippen molar-refractivity contribution >= 4 is 10.8 Å². The van der Waals surface area contributed by atoms with Crippen molar-refractivity contribution < 1.29 is 8.95 Å². The van der Waals surface area contributed by atoms with Crippen LogP contribution in [-0.4, -0.2) is 60.0 Å². The van der Waals surface area contributed by atoms with Gasteiger partial charge in [-0.15, -0.1) is 0 Å². The summed E-state index contributed by atoms with van der Waals surface area (Å²) in [5, 5.41) is 0. The summed E-state index contributed by atoms with van der Waals surface area (Å²) in [6, 6.07) is 0. The van der Waals surface area contributed by atoms with E-state index in [0.717, 1.165) is 50.8 Å². The third-order valence-electron chi connectivity index (χ3n) is 3.45. The van der Waals surface area contributed by atoms with Gasteiger partial charge in [0.1, 0.15) is 0 Å². The van der Waals surface area contributed by atoms with Gasteiger partial charge in [-0.1, -0.05) is 0 Å². The molecule has 0 aromatic heterocycles. The fraction of sp³-hybridized carbons (Fsp3) is 1.00. The molecule has 2 rings (SSSR count). The van der Waals surface area contributed by atoms with Gasteiger partial charge in [-0.3, -0.25) is 4.21 Å². The molecular weight excluding hydrogens is 212 g/mol. The van der Waals surface area contributed by atoms with Crippen molar-refractivity contribution in [2.75, 3.05) is 50.9 Å². The summed E-state index contributed by atoms with van der Waals surface area (Å²) in [4.78, 5) is 2.39. The van der Waals surface area contributed by atoms with Crippen LogP contribution >= 0.6 is 0 Å². The van der Waals surface area contributed by atoms with E-state index in [4.69, 9.17) is 10.5 Å². The predicted octanol–water partition coefficient (Wildman–Crippen LogP) is -0.584. The van der Waals surface area contributed by atoms with Gasteiger partial charge in [-0.05, 0) is 6.42 Å². The molecule has 2 heterocycles. The predicted molar refractivity (Wildman–Crippen MR) is 61.2 cm³/mol. The van der Waals surface area contributed by atoms with Crippen LogP contribution in [0.5, 0.6) is 0 Å². The lowest BCUT2D eigenvalue weighted by atomic mass is 9.87. The molecule has 2 aliphatic rings.